The third-order valence-electron chi connectivity index (χ3n) is 4.73. The zero-order chi connectivity index (χ0) is 20.8. The molecule has 8 nitrogen and oxygen atoms in total. The van der Waals surface area contributed by atoms with Crippen LogP contribution >= 0.6 is 0 Å². The van der Waals surface area contributed by atoms with E-state index in [4.69, 9.17) is 9.47 Å². The highest BCUT2D eigenvalue weighted by atomic mass is 19.1. The molecule has 0 saturated carbocycles. The molecule has 10 heteroatoms. The van der Waals surface area contributed by atoms with Crippen molar-refractivity contribution in [3.8, 4) is 11.5 Å². The van der Waals surface area contributed by atoms with Crippen LogP contribution in [0, 0.1) is 11.6 Å². The SMILES string of the molecule is C[C@]1(c2ccc3c(c2)OCO3)NC(=O)N(CC(=O)Nc2cc(F)ccc2F)C1=O. The van der Waals surface area contributed by atoms with E-state index < -0.39 is 41.6 Å². The number of carbonyl (C=O) groups excluding carboxylic acids is 3. The van der Waals surface area contributed by atoms with Crippen LogP contribution in [0.15, 0.2) is 36.4 Å². The molecule has 0 spiro atoms. The molecule has 150 valence electrons. The summed E-state index contributed by atoms with van der Waals surface area (Å²) in [6.45, 7) is 0.883. The summed E-state index contributed by atoms with van der Waals surface area (Å²) in [5, 5.41) is 4.71. The van der Waals surface area contributed by atoms with Gasteiger partial charge in [0, 0.05) is 6.07 Å². The van der Waals surface area contributed by atoms with Crippen molar-refractivity contribution in [1.82, 2.24) is 10.2 Å². The molecular weight excluding hydrogens is 388 g/mol. The molecule has 0 aromatic heterocycles. The van der Waals surface area contributed by atoms with Crippen molar-refractivity contribution in [2.75, 3.05) is 18.7 Å². The van der Waals surface area contributed by atoms with E-state index in [0.29, 0.717) is 22.0 Å². The van der Waals surface area contributed by atoms with E-state index in [-0.39, 0.29) is 12.5 Å². The number of nitrogens with zero attached hydrogens (tertiary/aromatic N) is 1. The van der Waals surface area contributed by atoms with Gasteiger partial charge in [-0.25, -0.2) is 13.6 Å². The molecule has 2 aliphatic rings. The van der Waals surface area contributed by atoms with Crippen molar-refractivity contribution < 1.29 is 32.6 Å². The van der Waals surface area contributed by atoms with Gasteiger partial charge in [0.15, 0.2) is 11.5 Å². The first kappa shape index (κ1) is 18.7. The van der Waals surface area contributed by atoms with Crippen LogP contribution in [0.1, 0.15) is 12.5 Å². The van der Waals surface area contributed by atoms with E-state index in [1.54, 1.807) is 18.2 Å². The quantitative estimate of drug-likeness (QED) is 0.763. The Morgan fingerprint density at radius 2 is 1.93 bits per heavy atom. The van der Waals surface area contributed by atoms with Gasteiger partial charge in [0.05, 0.1) is 5.69 Å². The lowest BCUT2D eigenvalue weighted by Gasteiger charge is -2.22. The number of ether oxygens (including phenoxy) is 2. The number of benzene rings is 2. The molecule has 0 unspecified atom stereocenters. The zero-order valence-corrected chi connectivity index (χ0v) is 15.1. The highest BCUT2D eigenvalue weighted by Gasteiger charge is 2.49. The molecule has 2 heterocycles. The fraction of sp³-hybridized carbons (Fsp3) is 0.211. The predicted octanol–water partition coefficient (Wildman–Crippen LogP) is 2.10. The molecule has 0 radical (unpaired) electrons. The Hall–Kier alpha value is -3.69. The standard InChI is InChI=1S/C19H15F2N3O5/c1-19(10-2-5-14-15(6-10)29-9-28-14)17(26)24(18(27)23-19)8-16(25)22-13-7-11(20)3-4-12(13)21/h2-7H,8-9H2,1H3,(H,22,25)(H,23,27)/t19-/m1/s1. The number of amides is 4. The molecule has 2 aromatic carbocycles. The molecule has 1 atom stereocenters. The van der Waals surface area contributed by atoms with Gasteiger partial charge in [0.25, 0.3) is 5.91 Å². The first-order valence-corrected chi connectivity index (χ1v) is 8.57. The largest absolute Gasteiger partial charge is 0.454 e. The monoisotopic (exact) mass is 403 g/mol. The highest BCUT2D eigenvalue weighted by molar-refractivity contribution is 6.10. The number of hydrogen-bond acceptors (Lipinski definition) is 5. The minimum absolute atomic E-state index is 0.0543. The van der Waals surface area contributed by atoms with E-state index in [1.807, 2.05) is 0 Å². The van der Waals surface area contributed by atoms with Crippen LogP contribution in [-0.4, -0.2) is 36.1 Å². The Labute approximate surface area is 163 Å². The predicted molar refractivity (Wildman–Crippen MR) is 95.1 cm³/mol. The average molecular weight is 403 g/mol. The van der Waals surface area contributed by atoms with Gasteiger partial charge < -0.3 is 20.1 Å². The molecule has 0 bridgehead atoms. The minimum atomic E-state index is -1.43. The number of halogens is 2. The van der Waals surface area contributed by atoms with Crippen molar-refractivity contribution in [1.29, 1.82) is 0 Å². The second kappa shape index (κ2) is 6.73. The summed E-state index contributed by atoms with van der Waals surface area (Å²) in [6, 6.07) is 6.57. The Balaban J connectivity index is 1.52. The normalized spacial score (nSPS) is 20.0. The van der Waals surface area contributed by atoms with Crippen molar-refractivity contribution in [2.24, 2.45) is 0 Å². The Morgan fingerprint density at radius 1 is 1.17 bits per heavy atom. The van der Waals surface area contributed by atoms with Crippen molar-refractivity contribution >= 4 is 23.5 Å². The number of urea groups is 1. The lowest BCUT2D eigenvalue weighted by molar-refractivity contribution is -0.133. The molecule has 0 aliphatic carbocycles. The van der Waals surface area contributed by atoms with Gasteiger partial charge in [-0.2, -0.15) is 0 Å². The van der Waals surface area contributed by atoms with Crippen LogP contribution in [0.3, 0.4) is 0 Å². The maximum atomic E-state index is 13.7. The molecule has 2 N–H and O–H groups in total. The van der Waals surface area contributed by atoms with Crippen molar-refractivity contribution in [3.05, 3.63) is 53.6 Å². The summed E-state index contributed by atoms with van der Waals surface area (Å²) in [5.74, 6) is -2.16. The van der Waals surface area contributed by atoms with E-state index in [1.165, 1.54) is 6.92 Å². The minimum Gasteiger partial charge on any atom is -0.454 e. The van der Waals surface area contributed by atoms with Gasteiger partial charge in [0.1, 0.15) is 23.7 Å². The van der Waals surface area contributed by atoms with E-state index in [0.717, 1.165) is 18.2 Å². The van der Waals surface area contributed by atoms with E-state index >= 15 is 0 Å². The molecule has 2 aromatic rings. The van der Waals surface area contributed by atoms with Crippen LogP contribution in [-0.2, 0) is 15.1 Å². The number of imide groups is 1. The summed E-state index contributed by atoms with van der Waals surface area (Å²) in [4.78, 5) is 38.2. The fourth-order valence-corrected chi connectivity index (χ4v) is 3.17. The van der Waals surface area contributed by atoms with E-state index in [9.17, 15) is 23.2 Å². The third kappa shape index (κ3) is 3.22. The number of rotatable bonds is 4. The summed E-state index contributed by atoms with van der Waals surface area (Å²) in [5.41, 5.74) is -1.37. The third-order valence-corrected chi connectivity index (χ3v) is 4.73. The van der Waals surface area contributed by atoms with Gasteiger partial charge in [0.2, 0.25) is 12.7 Å². The van der Waals surface area contributed by atoms with Crippen LogP contribution in [0.2, 0.25) is 0 Å². The summed E-state index contributed by atoms with van der Waals surface area (Å²) < 4.78 is 37.5. The molecule has 4 amide bonds. The molecule has 1 fully saturated rings. The van der Waals surface area contributed by atoms with Crippen LogP contribution in [0.25, 0.3) is 0 Å². The lowest BCUT2D eigenvalue weighted by Crippen LogP contribution is -2.42. The first-order valence-electron chi connectivity index (χ1n) is 8.57. The van der Waals surface area contributed by atoms with Gasteiger partial charge in [-0.15, -0.1) is 0 Å². The van der Waals surface area contributed by atoms with E-state index in [2.05, 4.69) is 10.6 Å². The van der Waals surface area contributed by atoms with Crippen molar-refractivity contribution in [3.63, 3.8) is 0 Å². The van der Waals surface area contributed by atoms with Gasteiger partial charge >= 0.3 is 6.03 Å². The Bertz CT molecular complexity index is 1040. The first-order chi connectivity index (χ1) is 13.8. The Kier molecular flexibility index (Phi) is 4.33. The summed E-state index contributed by atoms with van der Waals surface area (Å²) >= 11 is 0. The van der Waals surface area contributed by atoms with Gasteiger partial charge in [-0.1, -0.05) is 6.07 Å². The van der Waals surface area contributed by atoms with Gasteiger partial charge in [-0.3, -0.25) is 14.5 Å². The number of nitrogens with one attached hydrogen (secondary N) is 2. The number of anilines is 1. The zero-order valence-electron chi connectivity index (χ0n) is 15.1. The maximum absolute atomic E-state index is 13.7. The van der Waals surface area contributed by atoms with Crippen molar-refractivity contribution in [2.45, 2.75) is 12.5 Å². The number of carbonyl (C=O) groups is 3. The molecule has 29 heavy (non-hydrogen) atoms. The molecule has 4 rings (SSSR count). The van der Waals surface area contributed by atoms with Gasteiger partial charge in [-0.05, 0) is 36.8 Å². The molecular formula is C19H15F2N3O5. The summed E-state index contributed by atoms with van der Waals surface area (Å²) in [6.07, 6.45) is 0. The molecule has 2 aliphatic heterocycles. The van der Waals surface area contributed by atoms with Crippen LogP contribution in [0.5, 0.6) is 11.5 Å². The maximum Gasteiger partial charge on any atom is 0.325 e. The Morgan fingerprint density at radius 3 is 2.72 bits per heavy atom. The summed E-state index contributed by atoms with van der Waals surface area (Å²) in [7, 11) is 0. The second-order valence-electron chi connectivity index (χ2n) is 6.69. The highest BCUT2D eigenvalue weighted by Crippen LogP contribution is 2.37. The second-order valence-corrected chi connectivity index (χ2v) is 6.69. The topological polar surface area (TPSA) is 97.0 Å². The van der Waals surface area contributed by atoms with Crippen LogP contribution < -0.4 is 20.1 Å². The average Bonchev–Trinajstić information content (AvgIpc) is 3.23. The van der Waals surface area contributed by atoms with Crippen LogP contribution in [0.4, 0.5) is 19.3 Å². The molecule has 1 saturated heterocycles. The smallest absolute Gasteiger partial charge is 0.325 e. The fourth-order valence-electron chi connectivity index (χ4n) is 3.17. The number of hydrogen-bond donors (Lipinski definition) is 2. The lowest BCUT2D eigenvalue weighted by atomic mass is 9.91. The number of fused-ring (bicyclic) bond motifs is 1.